The van der Waals surface area contributed by atoms with Crippen LogP contribution in [0.4, 0.5) is 0 Å². The van der Waals surface area contributed by atoms with Gasteiger partial charge < -0.3 is 9.67 Å². The van der Waals surface area contributed by atoms with E-state index in [-0.39, 0.29) is 11.0 Å². The number of fused-ring (bicyclic) bond motifs is 1. The Balaban J connectivity index is 2.41. The molecule has 4 heteroatoms. The summed E-state index contributed by atoms with van der Waals surface area (Å²) in [7, 11) is 1.99. The number of carboxylic acid groups (broad SMARTS) is 1. The first-order valence-corrected chi connectivity index (χ1v) is 6.89. The van der Waals surface area contributed by atoms with Crippen LogP contribution in [0.3, 0.4) is 0 Å². The predicted molar refractivity (Wildman–Crippen MR) is 80.0 cm³/mol. The van der Waals surface area contributed by atoms with Gasteiger partial charge in [0.05, 0.1) is 16.6 Å². The summed E-state index contributed by atoms with van der Waals surface area (Å²) in [5.74, 6) is 0.587. The Bertz CT molecular complexity index is 650. The molecule has 0 radical (unpaired) electrons. The van der Waals surface area contributed by atoms with Crippen molar-refractivity contribution >= 4 is 17.0 Å². The number of imidazole rings is 1. The van der Waals surface area contributed by atoms with Gasteiger partial charge in [-0.05, 0) is 29.5 Å². The number of hydrogen-bond acceptors (Lipinski definition) is 2. The lowest BCUT2D eigenvalue weighted by atomic mass is 9.80. The molecule has 108 valence electrons. The van der Waals surface area contributed by atoms with Crippen LogP contribution in [0.25, 0.3) is 11.0 Å². The number of carbonyl (C=O) groups is 1. The fourth-order valence-electron chi connectivity index (χ4n) is 2.15. The van der Waals surface area contributed by atoms with Crippen molar-refractivity contribution in [2.45, 2.75) is 34.1 Å². The number of aromatic carboxylic acids is 1. The molecule has 2 rings (SSSR count). The van der Waals surface area contributed by atoms with Gasteiger partial charge in [0.2, 0.25) is 0 Å². The van der Waals surface area contributed by atoms with Crippen LogP contribution >= 0.6 is 0 Å². The fraction of sp³-hybridized carbons (Fsp3) is 0.500. The van der Waals surface area contributed by atoms with Crippen molar-refractivity contribution in [1.29, 1.82) is 0 Å². The summed E-state index contributed by atoms with van der Waals surface area (Å²) in [6.45, 7) is 8.90. The molecule has 0 saturated heterocycles. The van der Waals surface area contributed by atoms with Crippen LogP contribution in [-0.4, -0.2) is 20.6 Å². The van der Waals surface area contributed by atoms with E-state index in [9.17, 15) is 4.79 Å². The lowest BCUT2D eigenvalue weighted by molar-refractivity contribution is 0.0697. The van der Waals surface area contributed by atoms with Gasteiger partial charge in [0, 0.05) is 13.5 Å². The zero-order chi connectivity index (χ0) is 15.1. The maximum atomic E-state index is 11.0. The zero-order valence-corrected chi connectivity index (χ0v) is 12.8. The van der Waals surface area contributed by atoms with Gasteiger partial charge in [0.1, 0.15) is 5.82 Å². The number of carboxylic acids is 1. The summed E-state index contributed by atoms with van der Waals surface area (Å²) in [5.41, 5.74) is 2.24. The maximum Gasteiger partial charge on any atom is 0.335 e. The van der Waals surface area contributed by atoms with Gasteiger partial charge in [-0.3, -0.25) is 0 Å². The number of hydrogen-bond donors (Lipinski definition) is 1. The van der Waals surface area contributed by atoms with Crippen LogP contribution in [0.2, 0.25) is 0 Å². The first-order chi connectivity index (χ1) is 9.20. The number of aromatic nitrogens is 2. The van der Waals surface area contributed by atoms with Gasteiger partial charge in [0.25, 0.3) is 0 Å². The van der Waals surface area contributed by atoms with Crippen molar-refractivity contribution in [1.82, 2.24) is 9.55 Å². The number of nitrogens with zero attached hydrogens (tertiary/aromatic N) is 2. The Kier molecular flexibility index (Phi) is 3.59. The molecule has 0 aliphatic rings. The summed E-state index contributed by atoms with van der Waals surface area (Å²) in [6.07, 6.45) is 0.886. The molecule has 1 N–H and O–H groups in total. The van der Waals surface area contributed by atoms with Gasteiger partial charge in [0.15, 0.2) is 0 Å². The van der Waals surface area contributed by atoms with Crippen LogP contribution in [0.1, 0.15) is 43.9 Å². The largest absolute Gasteiger partial charge is 0.478 e. The summed E-state index contributed by atoms with van der Waals surface area (Å²) < 4.78 is 2.06. The van der Waals surface area contributed by atoms with Gasteiger partial charge >= 0.3 is 5.97 Å². The minimum atomic E-state index is -0.915. The molecule has 0 saturated carbocycles. The summed E-state index contributed by atoms with van der Waals surface area (Å²) in [6, 6.07) is 5.10. The lowest BCUT2D eigenvalue weighted by Gasteiger charge is -2.26. The van der Waals surface area contributed by atoms with Gasteiger partial charge in [-0.25, -0.2) is 9.78 Å². The topological polar surface area (TPSA) is 55.1 Å². The van der Waals surface area contributed by atoms with E-state index in [0.717, 1.165) is 23.3 Å². The Labute approximate surface area is 119 Å². The van der Waals surface area contributed by atoms with Crippen molar-refractivity contribution < 1.29 is 9.90 Å². The average molecular weight is 274 g/mol. The van der Waals surface area contributed by atoms with Crippen molar-refractivity contribution in [3.05, 3.63) is 29.6 Å². The molecule has 1 aromatic carbocycles. The molecular formula is C16H22N2O2. The average Bonchev–Trinajstić information content (AvgIpc) is 2.64. The lowest BCUT2D eigenvalue weighted by Crippen LogP contribution is -2.20. The second-order valence-electron chi connectivity index (χ2n) is 6.57. The highest BCUT2D eigenvalue weighted by Gasteiger charge is 2.22. The molecule has 0 spiro atoms. The summed E-state index contributed by atoms with van der Waals surface area (Å²) in [4.78, 5) is 15.6. The van der Waals surface area contributed by atoms with Crippen LogP contribution in [0.15, 0.2) is 18.2 Å². The summed E-state index contributed by atoms with van der Waals surface area (Å²) in [5, 5.41) is 9.04. The van der Waals surface area contributed by atoms with Gasteiger partial charge in [-0.15, -0.1) is 0 Å². The molecule has 0 amide bonds. The molecule has 0 aliphatic carbocycles. The Hall–Kier alpha value is -1.84. The van der Waals surface area contributed by atoms with E-state index in [4.69, 9.17) is 5.11 Å². The molecule has 20 heavy (non-hydrogen) atoms. The monoisotopic (exact) mass is 274 g/mol. The van der Waals surface area contributed by atoms with Crippen LogP contribution in [0.5, 0.6) is 0 Å². The predicted octanol–water partition coefficient (Wildman–Crippen LogP) is 3.50. The Morgan fingerprint density at radius 2 is 2.05 bits per heavy atom. The standard InChI is InChI=1S/C16H22N2O2/c1-10(16(2,3)4)8-14-17-12-9-11(15(19)20)6-7-13(12)18(14)5/h6-7,9-10H,8H2,1-5H3,(H,19,20). The third-order valence-corrected chi connectivity index (χ3v) is 4.19. The smallest absolute Gasteiger partial charge is 0.335 e. The van der Waals surface area contributed by atoms with E-state index in [0.29, 0.717) is 5.92 Å². The minimum absolute atomic E-state index is 0.227. The van der Waals surface area contributed by atoms with E-state index in [2.05, 4.69) is 37.2 Å². The maximum absolute atomic E-state index is 11.0. The molecule has 2 aromatic rings. The molecule has 0 fully saturated rings. The van der Waals surface area contributed by atoms with Crippen LogP contribution in [0, 0.1) is 11.3 Å². The first-order valence-electron chi connectivity index (χ1n) is 6.89. The third kappa shape index (κ3) is 2.69. The first kappa shape index (κ1) is 14.6. The van der Waals surface area contributed by atoms with Crippen LogP contribution < -0.4 is 0 Å². The molecule has 0 aliphatic heterocycles. The molecule has 1 heterocycles. The second-order valence-corrected chi connectivity index (χ2v) is 6.57. The highest BCUT2D eigenvalue weighted by atomic mass is 16.4. The highest BCUT2D eigenvalue weighted by Crippen LogP contribution is 2.29. The number of aryl methyl sites for hydroxylation is 1. The fourth-order valence-corrected chi connectivity index (χ4v) is 2.15. The number of rotatable bonds is 3. The van der Waals surface area contributed by atoms with E-state index < -0.39 is 5.97 Å². The van der Waals surface area contributed by atoms with E-state index >= 15 is 0 Å². The van der Waals surface area contributed by atoms with Gasteiger partial charge in [-0.1, -0.05) is 27.7 Å². The normalized spacial score (nSPS) is 13.7. The Morgan fingerprint density at radius 3 is 2.60 bits per heavy atom. The Morgan fingerprint density at radius 1 is 1.40 bits per heavy atom. The number of benzene rings is 1. The van der Waals surface area contributed by atoms with Crippen LogP contribution in [-0.2, 0) is 13.5 Å². The molecule has 4 nitrogen and oxygen atoms in total. The minimum Gasteiger partial charge on any atom is -0.478 e. The molecule has 1 aromatic heterocycles. The van der Waals surface area contributed by atoms with E-state index in [1.165, 1.54) is 0 Å². The van der Waals surface area contributed by atoms with Crippen molar-refractivity contribution in [2.24, 2.45) is 18.4 Å². The van der Waals surface area contributed by atoms with Gasteiger partial charge in [-0.2, -0.15) is 0 Å². The molecule has 1 unspecified atom stereocenters. The molecular weight excluding hydrogens is 252 g/mol. The molecule has 0 bridgehead atoms. The quantitative estimate of drug-likeness (QED) is 0.932. The van der Waals surface area contributed by atoms with Crippen molar-refractivity contribution in [2.75, 3.05) is 0 Å². The highest BCUT2D eigenvalue weighted by molar-refractivity contribution is 5.92. The molecule has 1 atom stereocenters. The van der Waals surface area contributed by atoms with Crippen molar-refractivity contribution in [3.63, 3.8) is 0 Å². The third-order valence-electron chi connectivity index (χ3n) is 4.19. The SMILES string of the molecule is CC(Cc1nc2cc(C(=O)O)ccc2n1C)C(C)(C)C. The van der Waals surface area contributed by atoms with E-state index in [1.807, 2.05) is 13.1 Å². The summed E-state index contributed by atoms with van der Waals surface area (Å²) >= 11 is 0. The second kappa shape index (κ2) is 4.93. The van der Waals surface area contributed by atoms with E-state index in [1.54, 1.807) is 12.1 Å². The zero-order valence-electron chi connectivity index (χ0n) is 12.8. The van der Waals surface area contributed by atoms with Crippen molar-refractivity contribution in [3.8, 4) is 0 Å².